The van der Waals surface area contributed by atoms with Crippen LogP contribution in [0, 0.1) is 12.7 Å². The molecule has 4 rings (SSSR count). The molecule has 1 fully saturated rings. The van der Waals surface area contributed by atoms with Gasteiger partial charge in [-0.25, -0.2) is 4.39 Å². The average Bonchev–Trinajstić information content (AvgIpc) is 3.04. The van der Waals surface area contributed by atoms with Crippen LogP contribution in [-0.2, 0) is 9.59 Å². The lowest BCUT2D eigenvalue weighted by atomic mass is 9.94. The van der Waals surface area contributed by atoms with Crippen LogP contribution >= 0.6 is 0 Å². The number of carbonyl (C=O) groups excluding carboxylic acids is 2. The maximum absolute atomic E-state index is 14.8. The van der Waals surface area contributed by atoms with Gasteiger partial charge in [0.15, 0.2) is 0 Å². The molecule has 1 N–H and O–H groups in total. The van der Waals surface area contributed by atoms with Crippen molar-refractivity contribution >= 4 is 23.1 Å². The molecule has 3 aromatic carbocycles. The first-order valence-corrected chi connectivity index (χ1v) is 9.69. The molecule has 1 aliphatic heterocycles. The van der Waals surface area contributed by atoms with E-state index in [1.54, 1.807) is 54.6 Å². The van der Waals surface area contributed by atoms with E-state index >= 15 is 0 Å². The predicted molar refractivity (Wildman–Crippen MR) is 115 cm³/mol. The minimum absolute atomic E-state index is 0.117. The van der Waals surface area contributed by atoms with E-state index in [2.05, 4.69) is 0 Å². The Bertz CT molecular complexity index is 1200. The zero-order valence-corrected chi connectivity index (χ0v) is 17.0. The van der Waals surface area contributed by atoms with E-state index in [0.717, 1.165) is 5.56 Å². The first-order chi connectivity index (χ1) is 14.9. The van der Waals surface area contributed by atoms with E-state index < -0.39 is 23.5 Å². The van der Waals surface area contributed by atoms with Gasteiger partial charge in [-0.1, -0.05) is 48.0 Å². The molecular weight excluding hydrogens is 397 g/mol. The summed E-state index contributed by atoms with van der Waals surface area (Å²) < 4.78 is 20.0. The lowest BCUT2D eigenvalue weighted by Crippen LogP contribution is -2.29. The van der Waals surface area contributed by atoms with Gasteiger partial charge in [0, 0.05) is 16.8 Å². The number of rotatable bonds is 4. The molecule has 1 amide bonds. The van der Waals surface area contributed by atoms with Gasteiger partial charge in [0.05, 0.1) is 18.7 Å². The molecule has 1 atom stereocenters. The normalized spacial score (nSPS) is 17.8. The lowest BCUT2D eigenvalue weighted by molar-refractivity contribution is -0.132. The van der Waals surface area contributed by atoms with Crippen molar-refractivity contribution in [3.05, 3.63) is 101 Å². The number of aliphatic hydroxyl groups is 1. The summed E-state index contributed by atoms with van der Waals surface area (Å²) in [7, 11) is 1.48. The number of ketones is 1. The quantitative estimate of drug-likeness (QED) is 0.377. The monoisotopic (exact) mass is 417 g/mol. The summed E-state index contributed by atoms with van der Waals surface area (Å²) in [6.07, 6.45) is 0. The Morgan fingerprint density at radius 2 is 1.71 bits per heavy atom. The second kappa shape index (κ2) is 8.07. The van der Waals surface area contributed by atoms with Crippen LogP contribution in [0.3, 0.4) is 0 Å². The smallest absolute Gasteiger partial charge is 0.300 e. The predicted octanol–water partition coefficient (Wildman–Crippen LogP) is 4.77. The zero-order chi connectivity index (χ0) is 22.1. The van der Waals surface area contributed by atoms with Crippen molar-refractivity contribution < 1.29 is 23.8 Å². The molecule has 6 heteroatoms. The standard InChI is InChI=1S/C25H20FNO4/c1-15-10-12-17(13-11-15)27-22(19-8-3-4-9-20(19)26)21(24(29)25(27)30)23(28)16-6-5-7-18(14-16)31-2/h3-14,22,28H,1-2H3/b23-21-. The molecule has 0 radical (unpaired) electrons. The molecule has 0 aromatic heterocycles. The van der Waals surface area contributed by atoms with E-state index in [4.69, 9.17) is 4.74 Å². The highest BCUT2D eigenvalue weighted by molar-refractivity contribution is 6.51. The third-order valence-electron chi connectivity index (χ3n) is 5.30. The number of anilines is 1. The molecule has 156 valence electrons. The van der Waals surface area contributed by atoms with Gasteiger partial charge in [0.1, 0.15) is 17.3 Å². The fraction of sp³-hybridized carbons (Fsp3) is 0.120. The number of amides is 1. The average molecular weight is 417 g/mol. The molecule has 0 aliphatic carbocycles. The number of methoxy groups -OCH3 is 1. The molecule has 31 heavy (non-hydrogen) atoms. The molecule has 1 saturated heterocycles. The molecule has 1 heterocycles. The lowest BCUT2D eigenvalue weighted by Gasteiger charge is -2.25. The first kappa shape index (κ1) is 20.3. The molecule has 5 nitrogen and oxygen atoms in total. The minimum Gasteiger partial charge on any atom is -0.507 e. The van der Waals surface area contributed by atoms with Crippen LogP contribution < -0.4 is 9.64 Å². The van der Waals surface area contributed by atoms with Crippen molar-refractivity contribution in [1.82, 2.24) is 0 Å². The van der Waals surface area contributed by atoms with Gasteiger partial charge in [-0.2, -0.15) is 0 Å². The second-order valence-electron chi connectivity index (χ2n) is 7.26. The van der Waals surface area contributed by atoms with Crippen LogP contribution in [0.25, 0.3) is 5.76 Å². The summed E-state index contributed by atoms with van der Waals surface area (Å²) in [5.41, 5.74) is 1.64. The van der Waals surface area contributed by atoms with Crippen molar-refractivity contribution in [2.24, 2.45) is 0 Å². The summed E-state index contributed by atoms with van der Waals surface area (Å²) >= 11 is 0. The van der Waals surface area contributed by atoms with E-state index in [9.17, 15) is 19.1 Å². The van der Waals surface area contributed by atoms with Crippen molar-refractivity contribution in [2.45, 2.75) is 13.0 Å². The van der Waals surface area contributed by atoms with Gasteiger partial charge >= 0.3 is 0 Å². The van der Waals surface area contributed by atoms with Crippen LogP contribution in [0.4, 0.5) is 10.1 Å². The Kier molecular flexibility index (Phi) is 5.29. The van der Waals surface area contributed by atoms with E-state index in [-0.39, 0.29) is 16.9 Å². The molecule has 0 bridgehead atoms. The molecule has 0 spiro atoms. The Morgan fingerprint density at radius 3 is 2.39 bits per heavy atom. The number of hydrogen-bond acceptors (Lipinski definition) is 4. The van der Waals surface area contributed by atoms with Gasteiger partial charge in [-0.15, -0.1) is 0 Å². The second-order valence-corrected chi connectivity index (χ2v) is 7.26. The Balaban J connectivity index is 1.96. The fourth-order valence-corrected chi connectivity index (χ4v) is 3.72. The van der Waals surface area contributed by atoms with Crippen molar-refractivity contribution in [3.63, 3.8) is 0 Å². The number of carbonyl (C=O) groups is 2. The summed E-state index contributed by atoms with van der Waals surface area (Å²) in [4.78, 5) is 27.3. The summed E-state index contributed by atoms with van der Waals surface area (Å²) in [5, 5.41) is 11.1. The minimum atomic E-state index is -1.12. The van der Waals surface area contributed by atoms with Crippen LogP contribution in [-0.4, -0.2) is 23.9 Å². The Hall–Kier alpha value is -3.93. The number of benzene rings is 3. The molecule has 1 unspecified atom stereocenters. The maximum atomic E-state index is 14.8. The number of ether oxygens (including phenoxy) is 1. The molecular formula is C25H20FNO4. The van der Waals surface area contributed by atoms with Gasteiger partial charge < -0.3 is 9.84 Å². The maximum Gasteiger partial charge on any atom is 0.300 e. The number of nitrogens with zero attached hydrogens (tertiary/aromatic N) is 1. The number of hydrogen-bond donors (Lipinski definition) is 1. The largest absolute Gasteiger partial charge is 0.507 e. The SMILES string of the molecule is COc1cccc(/C(O)=C2/C(=O)C(=O)N(c3ccc(C)cc3)C2c2ccccc2F)c1. The van der Waals surface area contributed by atoms with E-state index in [1.807, 2.05) is 6.92 Å². The summed E-state index contributed by atoms with van der Waals surface area (Å²) in [5.74, 6) is -2.21. The van der Waals surface area contributed by atoms with Crippen molar-refractivity contribution in [3.8, 4) is 5.75 Å². The third kappa shape index (κ3) is 3.57. The Morgan fingerprint density at radius 1 is 1.00 bits per heavy atom. The summed E-state index contributed by atoms with van der Waals surface area (Å²) in [6.45, 7) is 1.90. The molecule has 3 aromatic rings. The summed E-state index contributed by atoms with van der Waals surface area (Å²) in [6, 6.07) is 18.3. The molecule has 0 saturated carbocycles. The van der Waals surface area contributed by atoms with E-state index in [0.29, 0.717) is 17.0 Å². The van der Waals surface area contributed by atoms with Gasteiger partial charge in [0.25, 0.3) is 11.7 Å². The first-order valence-electron chi connectivity index (χ1n) is 9.69. The Labute approximate surface area is 179 Å². The van der Waals surface area contributed by atoms with Gasteiger partial charge in [0.2, 0.25) is 0 Å². The number of halogens is 1. The fourth-order valence-electron chi connectivity index (χ4n) is 3.72. The van der Waals surface area contributed by atoms with Gasteiger partial charge in [-0.05, 0) is 37.3 Å². The van der Waals surface area contributed by atoms with Crippen molar-refractivity contribution in [1.29, 1.82) is 0 Å². The topological polar surface area (TPSA) is 66.8 Å². The van der Waals surface area contributed by atoms with Crippen LogP contribution in [0.1, 0.15) is 22.7 Å². The molecule has 1 aliphatic rings. The zero-order valence-electron chi connectivity index (χ0n) is 17.0. The number of Topliss-reactive ketones (excluding diaryl/α,β-unsaturated/α-hetero) is 1. The number of aryl methyl sites for hydroxylation is 1. The van der Waals surface area contributed by atoms with E-state index in [1.165, 1.54) is 30.2 Å². The van der Waals surface area contributed by atoms with Crippen LogP contribution in [0.2, 0.25) is 0 Å². The van der Waals surface area contributed by atoms with Crippen molar-refractivity contribution in [2.75, 3.05) is 12.0 Å². The van der Waals surface area contributed by atoms with Gasteiger partial charge in [-0.3, -0.25) is 14.5 Å². The number of aliphatic hydroxyl groups excluding tert-OH is 1. The highest BCUT2D eigenvalue weighted by atomic mass is 19.1. The third-order valence-corrected chi connectivity index (χ3v) is 5.30. The van der Waals surface area contributed by atoms with Crippen LogP contribution in [0.5, 0.6) is 5.75 Å². The van der Waals surface area contributed by atoms with Crippen LogP contribution in [0.15, 0.2) is 78.4 Å². The highest BCUT2D eigenvalue weighted by Gasteiger charge is 2.47. The highest BCUT2D eigenvalue weighted by Crippen LogP contribution is 2.43.